The van der Waals surface area contributed by atoms with Crippen LogP contribution in [0.3, 0.4) is 0 Å². The van der Waals surface area contributed by atoms with E-state index in [9.17, 15) is 9.90 Å². The maximum Gasteiger partial charge on any atom is 0.336 e. The van der Waals surface area contributed by atoms with Gasteiger partial charge in [-0.3, -0.25) is 4.98 Å². The number of halogens is 1. The van der Waals surface area contributed by atoms with Crippen molar-refractivity contribution in [1.29, 1.82) is 0 Å². The van der Waals surface area contributed by atoms with E-state index in [-0.39, 0.29) is 0 Å². The molecule has 104 valence electrons. The van der Waals surface area contributed by atoms with Crippen LogP contribution < -0.4 is 0 Å². The van der Waals surface area contributed by atoms with Crippen molar-refractivity contribution in [1.82, 2.24) is 4.98 Å². The van der Waals surface area contributed by atoms with Crippen LogP contribution in [0.25, 0.3) is 10.9 Å². The number of carbonyl (C=O) groups is 1. The highest BCUT2D eigenvalue weighted by Crippen LogP contribution is 2.20. The Bertz CT molecular complexity index is 830. The third-order valence-corrected chi connectivity index (χ3v) is 3.82. The molecule has 21 heavy (non-hydrogen) atoms. The second kappa shape index (κ2) is 5.66. The molecule has 3 nitrogen and oxygen atoms in total. The second-order valence-electron chi connectivity index (χ2n) is 4.78. The van der Waals surface area contributed by atoms with Gasteiger partial charge in [0, 0.05) is 22.0 Å². The second-order valence-corrected chi connectivity index (χ2v) is 5.69. The molecular weight excluding hydrogens is 330 g/mol. The number of aromatic nitrogens is 1. The first-order chi connectivity index (χ1) is 10.1. The van der Waals surface area contributed by atoms with Crippen molar-refractivity contribution in [2.75, 3.05) is 0 Å². The normalized spacial score (nSPS) is 10.7. The maximum absolute atomic E-state index is 11.3. The maximum atomic E-state index is 11.3. The number of pyridine rings is 1. The SMILES string of the molecule is O=C(O)c1cc(Br)ccc1Cc1ccc2ccccc2n1. The van der Waals surface area contributed by atoms with E-state index in [0.717, 1.165) is 26.6 Å². The van der Waals surface area contributed by atoms with E-state index in [4.69, 9.17) is 0 Å². The average Bonchev–Trinajstić information content (AvgIpc) is 2.49. The van der Waals surface area contributed by atoms with Crippen molar-refractivity contribution >= 4 is 32.8 Å². The summed E-state index contributed by atoms with van der Waals surface area (Å²) >= 11 is 3.30. The summed E-state index contributed by atoms with van der Waals surface area (Å²) in [6.45, 7) is 0. The molecule has 0 amide bonds. The number of hydrogen-bond donors (Lipinski definition) is 1. The first-order valence-corrected chi connectivity index (χ1v) is 7.29. The first kappa shape index (κ1) is 13.8. The van der Waals surface area contributed by atoms with Gasteiger partial charge in [-0.2, -0.15) is 0 Å². The minimum atomic E-state index is -0.924. The Morgan fingerprint density at radius 2 is 1.90 bits per heavy atom. The summed E-state index contributed by atoms with van der Waals surface area (Å²) in [5.74, 6) is -0.924. The molecule has 0 radical (unpaired) electrons. The van der Waals surface area contributed by atoms with E-state index in [1.165, 1.54) is 0 Å². The van der Waals surface area contributed by atoms with Crippen LogP contribution in [0.2, 0.25) is 0 Å². The highest BCUT2D eigenvalue weighted by Gasteiger charge is 2.11. The lowest BCUT2D eigenvalue weighted by Gasteiger charge is -2.07. The number of para-hydroxylation sites is 1. The Balaban J connectivity index is 2.00. The molecule has 0 aliphatic heterocycles. The average molecular weight is 342 g/mol. The molecule has 3 aromatic rings. The number of carboxylic acids is 1. The van der Waals surface area contributed by atoms with Crippen LogP contribution in [-0.4, -0.2) is 16.1 Å². The molecule has 0 saturated carbocycles. The lowest BCUT2D eigenvalue weighted by Crippen LogP contribution is -2.04. The Labute approximate surface area is 130 Å². The quantitative estimate of drug-likeness (QED) is 0.773. The fourth-order valence-corrected chi connectivity index (χ4v) is 2.66. The predicted molar refractivity (Wildman–Crippen MR) is 85.7 cm³/mol. The topological polar surface area (TPSA) is 50.2 Å². The fraction of sp³-hybridized carbons (Fsp3) is 0.0588. The molecule has 1 heterocycles. The fourth-order valence-electron chi connectivity index (χ4n) is 2.30. The van der Waals surface area contributed by atoms with E-state index < -0.39 is 5.97 Å². The van der Waals surface area contributed by atoms with Crippen LogP contribution in [-0.2, 0) is 6.42 Å². The van der Waals surface area contributed by atoms with Gasteiger partial charge in [0.2, 0.25) is 0 Å². The predicted octanol–water partition coefficient (Wildman–Crippen LogP) is 4.29. The summed E-state index contributed by atoms with van der Waals surface area (Å²) in [5, 5.41) is 10.4. The Hall–Kier alpha value is -2.20. The number of carboxylic acid groups (broad SMARTS) is 1. The largest absolute Gasteiger partial charge is 0.478 e. The van der Waals surface area contributed by atoms with Gasteiger partial charge in [0.25, 0.3) is 0 Å². The monoisotopic (exact) mass is 341 g/mol. The number of aromatic carboxylic acids is 1. The van der Waals surface area contributed by atoms with Crippen molar-refractivity contribution < 1.29 is 9.90 Å². The third-order valence-electron chi connectivity index (χ3n) is 3.33. The summed E-state index contributed by atoms with van der Waals surface area (Å²) in [6.07, 6.45) is 0.500. The number of fused-ring (bicyclic) bond motifs is 1. The van der Waals surface area contributed by atoms with Gasteiger partial charge in [0.1, 0.15) is 0 Å². The van der Waals surface area contributed by atoms with E-state index >= 15 is 0 Å². The first-order valence-electron chi connectivity index (χ1n) is 6.50. The van der Waals surface area contributed by atoms with Crippen molar-refractivity contribution in [3.63, 3.8) is 0 Å². The van der Waals surface area contributed by atoms with E-state index in [0.29, 0.717) is 12.0 Å². The molecule has 2 aromatic carbocycles. The van der Waals surface area contributed by atoms with Crippen molar-refractivity contribution in [3.8, 4) is 0 Å². The Morgan fingerprint density at radius 1 is 1.10 bits per heavy atom. The summed E-state index contributed by atoms with van der Waals surface area (Å²) in [7, 11) is 0. The lowest BCUT2D eigenvalue weighted by molar-refractivity contribution is 0.0696. The van der Waals surface area contributed by atoms with Crippen LogP contribution in [0, 0.1) is 0 Å². The summed E-state index contributed by atoms with van der Waals surface area (Å²) in [6, 6.07) is 17.1. The van der Waals surface area contributed by atoms with Gasteiger partial charge in [0.05, 0.1) is 11.1 Å². The highest BCUT2D eigenvalue weighted by atomic mass is 79.9. The molecule has 4 heteroatoms. The van der Waals surface area contributed by atoms with Gasteiger partial charge in [-0.25, -0.2) is 4.79 Å². The van der Waals surface area contributed by atoms with Gasteiger partial charge in [-0.05, 0) is 29.8 Å². The molecular formula is C17H12BrNO2. The molecule has 0 aliphatic rings. The van der Waals surface area contributed by atoms with Crippen molar-refractivity contribution in [3.05, 3.63) is 75.9 Å². The number of rotatable bonds is 3. The van der Waals surface area contributed by atoms with Gasteiger partial charge >= 0.3 is 5.97 Å². The summed E-state index contributed by atoms with van der Waals surface area (Å²) in [4.78, 5) is 15.9. The molecule has 0 bridgehead atoms. The van der Waals surface area contributed by atoms with Crippen molar-refractivity contribution in [2.45, 2.75) is 6.42 Å². The lowest BCUT2D eigenvalue weighted by atomic mass is 10.0. The molecule has 3 rings (SSSR count). The minimum absolute atomic E-state index is 0.305. The number of benzene rings is 2. The number of hydrogen-bond acceptors (Lipinski definition) is 2. The molecule has 0 spiro atoms. The minimum Gasteiger partial charge on any atom is -0.478 e. The Kier molecular flexibility index (Phi) is 3.71. The van der Waals surface area contributed by atoms with Crippen LogP contribution >= 0.6 is 15.9 Å². The third kappa shape index (κ3) is 2.95. The van der Waals surface area contributed by atoms with E-state index in [1.54, 1.807) is 6.07 Å². The zero-order valence-electron chi connectivity index (χ0n) is 11.1. The Morgan fingerprint density at radius 3 is 2.71 bits per heavy atom. The zero-order chi connectivity index (χ0) is 14.8. The zero-order valence-corrected chi connectivity index (χ0v) is 12.7. The van der Waals surface area contributed by atoms with E-state index in [2.05, 4.69) is 20.9 Å². The number of nitrogens with zero attached hydrogens (tertiary/aromatic N) is 1. The highest BCUT2D eigenvalue weighted by molar-refractivity contribution is 9.10. The van der Waals surface area contributed by atoms with Gasteiger partial charge < -0.3 is 5.11 Å². The van der Waals surface area contributed by atoms with Crippen LogP contribution in [0.15, 0.2) is 59.1 Å². The molecule has 0 unspecified atom stereocenters. The smallest absolute Gasteiger partial charge is 0.336 e. The van der Waals surface area contributed by atoms with Crippen molar-refractivity contribution in [2.24, 2.45) is 0 Å². The van der Waals surface area contributed by atoms with Gasteiger partial charge in [0.15, 0.2) is 0 Å². The van der Waals surface area contributed by atoms with Gasteiger partial charge in [-0.15, -0.1) is 0 Å². The van der Waals surface area contributed by atoms with Crippen LogP contribution in [0.4, 0.5) is 0 Å². The summed E-state index contributed by atoms with van der Waals surface area (Å²) < 4.78 is 0.759. The molecule has 0 fully saturated rings. The van der Waals surface area contributed by atoms with Crippen LogP contribution in [0.1, 0.15) is 21.6 Å². The standard InChI is InChI=1S/C17H12BrNO2/c18-13-7-5-12(15(10-13)17(20)21)9-14-8-6-11-3-1-2-4-16(11)19-14/h1-8,10H,9H2,(H,20,21). The molecule has 0 atom stereocenters. The summed E-state index contributed by atoms with van der Waals surface area (Å²) in [5.41, 5.74) is 2.84. The van der Waals surface area contributed by atoms with Crippen LogP contribution in [0.5, 0.6) is 0 Å². The molecule has 1 N–H and O–H groups in total. The molecule has 0 aliphatic carbocycles. The molecule has 1 aromatic heterocycles. The van der Waals surface area contributed by atoms with E-state index in [1.807, 2.05) is 48.5 Å². The van der Waals surface area contributed by atoms with Gasteiger partial charge in [-0.1, -0.05) is 46.3 Å². The molecule has 0 saturated heterocycles.